The molecule has 2 aromatic rings. The number of benzene rings is 1. The van der Waals surface area contributed by atoms with Crippen molar-refractivity contribution in [2.24, 2.45) is 0 Å². The predicted octanol–water partition coefficient (Wildman–Crippen LogP) is 5.73. The lowest BCUT2D eigenvalue weighted by Crippen LogP contribution is -2.23. The molecule has 130 valence electrons. The highest BCUT2D eigenvalue weighted by molar-refractivity contribution is 14.1. The molecule has 1 aromatic carbocycles. The highest BCUT2D eigenvalue weighted by atomic mass is 127. The van der Waals surface area contributed by atoms with Crippen LogP contribution < -0.4 is 0 Å². The summed E-state index contributed by atoms with van der Waals surface area (Å²) in [5.41, 5.74) is 2.82. The quantitative estimate of drug-likeness (QED) is 0.329. The topological polar surface area (TPSA) is 38.0 Å². The first-order chi connectivity index (χ1) is 11.0. The molecular formula is C19H27IN2OSi. The van der Waals surface area contributed by atoms with Crippen LogP contribution in [0.25, 0.3) is 10.9 Å². The van der Waals surface area contributed by atoms with Crippen molar-refractivity contribution in [3.63, 3.8) is 0 Å². The third kappa shape index (κ3) is 4.41. The van der Waals surface area contributed by atoms with Gasteiger partial charge < -0.3 is 9.30 Å². The van der Waals surface area contributed by atoms with E-state index in [0.29, 0.717) is 6.73 Å². The number of nitrogens with zero attached hydrogens (tertiary/aromatic N) is 2. The van der Waals surface area contributed by atoms with E-state index in [1.807, 2.05) is 0 Å². The van der Waals surface area contributed by atoms with Gasteiger partial charge in [-0.2, -0.15) is 5.26 Å². The van der Waals surface area contributed by atoms with E-state index in [4.69, 9.17) is 4.74 Å². The molecule has 0 radical (unpaired) electrons. The Bertz CT molecular complexity index is 776. The third-order valence-electron chi connectivity index (χ3n) is 4.06. The molecule has 0 amide bonds. The van der Waals surface area contributed by atoms with E-state index in [1.54, 1.807) is 0 Å². The monoisotopic (exact) mass is 454 g/mol. The fraction of sp³-hybridized carbons (Fsp3) is 0.526. The molecule has 0 aliphatic carbocycles. The van der Waals surface area contributed by atoms with Gasteiger partial charge in [-0.15, -0.1) is 0 Å². The van der Waals surface area contributed by atoms with Crippen LogP contribution in [-0.4, -0.2) is 19.2 Å². The van der Waals surface area contributed by atoms with Gasteiger partial charge in [0, 0.05) is 34.7 Å². The molecule has 0 saturated heterocycles. The number of hydrogen-bond donors (Lipinski definition) is 0. The summed E-state index contributed by atoms with van der Waals surface area (Å²) in [6.07, 6.45) is 0. The summed E-state index contributed by atoms with van der Waals surface area (Å²) in [6, 6.07) is 9.89. The van der Waals surface area contributed by atoms with Gasteiger partial charge in [-0.1, -0.05) is 40.4 Å². The van der Waals surface area contributed by atoms with Crippen LogP contribution in [0.5, 0.6) is 0 Å². The van der Waals surface area contributed by atoms with Crippen molar-refractivity contribution in [2.75, 3.05) is 6.61 Å². The number of rotatable bonds is 5. The van der Waals surface area contributed by atoms with Crippen molar-refractivity contribution in [1.82, 2.24) is 4.57 Å². The Morgan fingerprint density at radius 2 is 1.92 bits per heavy atom. The van der Waals surface area contributed by atoms with Crippen LogP contribution in [0, 0.1) is 14.9 Å². The molecule has 0 N–H and O–H groups in total. The number of ether oxygens (including phenoxy) is 1. The SMILES string of the molecule is CC(C)(C)c1c(C#N)c2cc(I)ccc2n1COCC[Si](C)(C)C. The molecule has 1 heterocycles. The molecule has 0 saturated carbocycles. The number of fused-ring (bicyclic) bond motifs is 1. The lowest BCUT2D eigenvalue weighted by Gasteiger charge is -2.23. The fourth-order valence-electron chi connectivity index (χ4n) is 2.89. The zero-order chi connectivity index (χ0) is 18.1. The van der Waals surface area contributed by atoms with E-state index in [9.17, 15) is 5.26 Å². The predicted molar refractivity (Wildman–Crippen MR) is 112 cm³/mol. The first-order valence-electron chi connectivity index (χ1n) is 8.34. The summed E-state index contributed by atoms with van der Waals surface area (Å²) in [6.45, 7) is 14.8. The van der Waals surface area contributed by atoms with Crippen LogP contribution in [0.4, 0.5) is 0 Å². The Morgan fingerprint density at radius 3 is 2.46 bits per heavy atom. The van der Waals surface area contributed by atoms with Gasteiger partial charge in [0.2, 0.25) is 0 Å². The van der Waals surface area contributed by atoms with Crippen LogP contribution in [0.2, 0.25) is 25.7 Å². The van der Waals surface area contributed by atoms with Crippen LogP contribution >= 0.6 is 22.6 Å². The molecule has 0 unspecified atom stereocenters. The van der Waals surface area contributed by atoms with E-state index < -0.39 is 8.07 Å². The van der Waals surface area contributed by atoms with Gasteiger partial charge in [0.15, 0.2) is 0 Å². The number of halogens is 1. The number of aromatic nitrogens is 1. The van der Waals surface area contributed by atoms with Crippen molar-refractivity contribution in [2.45, 2.75) is 58.6 Å². The molecule has 0 aliphatic heterocycles. The second kappa shape index (κ2) is 7.18. The van der Waals surface area contributed by atoms with E-state index in [2.05, 4.69) is 91.8 Å². The third-order valence-corrected chi connectivity index (χ3v) is 6.44. The Labute approximate surface area is 160 Å². The summed E-state index contributed by atoms with van der Waals surface area (Å²) in [7, 11) is -1.10. The maximum Gasteiger partial charge on any atom is 0.123 e. The van der Waals surface area contributed by atoms with Crippen molar-refractivity contribution in [3.8, 4) is 6.07 Å². The van der Waals surface area contributed by atoms with Gasteiger partial charge in [0.25, 0.3) is 0 Å². The van der Waals surface area contributed by atoms with Crippen LogP contribution in [0.3, 0.4) is 0 Å². The molecular weight excluding hydrogens is 427 g/mol. The smallest absolute Gasteiger partial charge is 0.123 e. The zero-order valence-electron chi connectivity index (χ0n) is 15.5. The average Bonchev–Trinajstić information content (AvgIpc) is 2.75. The molecule has 3 nitrogen and oxygen atoms in total. The Kier molecular flexibility index (Phi) is 5.83. The van der Waals surface area contributed by atoms with E-state index in [1.165, 1.54) is 0 Å². The lowest BCUT2D eigenvalue weighted by molar-refractivity contribution is 0.0866. The maximum atomic E-state index is 9.76. The molecule has 24 heavy (non-hydrogen) atoms. The zero-order valence-corrected chi connectivity index (χ0v) is 18.7. The second-order valence-corrected chi connectivity index (χ2v) is 15.4. The summed E-state index contributed by atoms with van der Waals surface area (Å²) >= 11 is 2.30. The molecule has 0 bridgehead atoms. The van der Waals surface area contributed by atoms with E-state index in [-0.39, 0.29) is 5.41 Å². The van der Waals surface area contributed by atoms with Gasteiger partial charge in [-0.05, 0) is 46.8 Å². The molecule has 2 rings (SSSR count). The largest absolute Gasteiger partial charge is 0.361 e. The van der Waals surface area contributed by atoms with Gasteiger partial charge in [-0.25, -0.2) is 0 Å². The molecule has 0 fully saturated rings. The van der Waals surface area contributed by atoms with Crippen molar-refractivity contribution < 1.29 is 4.74 Å². The van der Waals surface area contributed by atoms with Gasteiger partial charge in [0.1, 0.15) is 12.8 Å². The minimum atomic E-state index is -1.10. The fourth-order valence-corrected chi connectivity index (χ4v) is 4.14. The van der Waals surface area contributed by atoms with Gasteiger partial charge in [0.05, 0.1) is 11.1 Å². The summed E-state index contributed by atoms with van der Waals surface area (Å²) < 4.78 is 9.35. The Balaban J connectivity index is 2.45. The summed E-state index contributed by atoms with van der Waals surface area (Å²) in [5, 5.41) is 10.8. The average molecular weight is 454 g/mol. The molecule has 1 aromatic heterocycles. The van der Waals surface area contributed by atoms with Crippen LogP contribution in [0.1, 0.15) is 32.0 Å². The standard InChI is InChI=1S/C19H27IN2OSi/c1-19(2,3)18-16(12-21)15-11-14(20)7-8-17(15)22(18)13-23-9-10-24(4,5)6/h7-8,11H,9-10,13H2,1-6H3. The molecule has 0 aliphatic rings. The van der Waals surface area contributed by atoms with Crippen molar-refractivity contribution >= 4 is 41.6 Å². The number of hydrogen-bond acceptors (Lipinski definition) is 2. The van der Waals surface area contributed by atoms with Gasteiger partial charge >= 0.3 is 0 Å². The summed E-state index contributed by atoms with van der Waals surface area (Å²) in [4.78, 5) is 0. The highest BCUT2D eigenvalue weighted by Gasteiger charge is 2.27. The lowest BCUT2D eigenvalue weighted by atomic mass is 9.89. The normalized spacial score (nSPS) is 12.6. The molecule has 0 spiro atoms. The van der Waals surface area contributed by atoms with Crippen molar-refractivity contribution in [1.29, 1.82) is 5.26 Å². The minimum Gasteiger partial charge on any atom is -0.361 e. The van der Waals surface area contributed by atoms with Crippen molar-refractivity contribution in [3.05, 3.63) is 33.0 Å². The summed E-state index contributed by atoms with van der Waals surface area (Å²) in [5.74, 6) is 0. The second-order valence-electron chi connectivity index (χ2n) is 8.52. The van der Waals surface area contributed by atoms with Gasteiger partial charge in [-0.3, -0.25) is 0 Å². The van der Waals surface area contributed by atoms with E-state index >= 15 is 0 Å². The van der Waals surface area contributed by atoms with Crippen LogP contribution in [0.15, 0.2) is 18.2 Å². The number of nitriles is 1. The first-order valence-corrected chi connectivity index (χ1v) is 13.1. The Morgan fingerprint density at radius 1 is 1.25 bits per heavy atom. The maximum absolute atomic E-state index is 9.76. The minimum absolute atomic E-state index is 0.113. The van der Waals surface area contributed by atoms with E-state index in [0.717, 1.165) is 38.4 Å². The molecule has 0 atom stereocenters. The van der Waals surface area contributed by atoms with Crippen LogP contribution in [-0.2, 0) is 16.9 Å². The molecule has 5 heteroatoms. The highest BCUT2D eigenvalue weighted by Crippen LogP contribution is 2.35. The Hall–Kier alpha value is -0.843. The first kappa shape index (κ1) is 19.5.